The number of hydrogen-bond acceptors (Lipinski definition) is 5. The number of rotatable bonds is 2. The zero-order valence-electron chi connectivity index (χ0n) is 15.1. The summed E-state index contributed by atoms with van der Waals surface area (Å²) in [5, 5.41) is 4.06. The number of anilines is 1. The van der Waals surface area contributed by atoms with E-state index in [4.69, 9.17) is 9.26 Å². The quantitative estimate of drug-likeness (QED) is 0.684. The van der Waals surface area contributed by atoms with Crippen LogP contribution in [0.5, 0.6) is 5.75 Å². The second-order valence-electron chi connectivity index (χ2n) is 6.88. The van der Waals surface area contributed by atoms with Gasteiger partial charge in [0.25, 0.3) is 5.91 Å². The molecule has 0 radical (unpaired) electrons. The predicted octanol–water partition coefficient (Wildman–Crippen LogP) is 3.34. The van der Waals surface area contributed by atoms with Gasteiger partial charge >= 0.3 is 0 Å². The van der Waals surface area contributed by atoms with Gasteiger partial charge in [0.2, 0.25) is 0 Å². The van der Waals surface area contributed by atoms with Crippen molar-refractivity contribution in [2.24, 2.45) is 0 Å². The van der Waals surface area contributed by atoms with Crippen molar-refractivity contribution in [1.29, 1.82) is 0 Å². The molecule has 0 spiro atoms. The van der Waals surface area contributed by atoms with Crippen molar-refractivity contribution in [1.82, 2.24) is 10.1 Å². The first-order chi connectivity index (χ1) is 13.7. The van der Waals surface area contributed by atoms with Crippen molar-refractivity contribution >= 4 is 11.6 Å². The van der Waals surface area contributed by atoms with Crippen molar-refractivity contribution < 1.29 is 18.4 Å². The number of hydrogen-bond donors (Lipinski definition) is 0. The van der Waals surface area contributed by atoms with Crippen molar-refractivity contribution in [3.63, 3.8) is 0 Å². The first-order valence-electron chi connectivity index (χ1n) is 9.21. The molecule has 2 aromatic carbocycles. The van der Waals surface area contributed by atoms with Gasteiger partial charge in [-0.3, -0.25) is 4.79 Å². The van der Waals surface area contributed by atoms with E-state index in [0.717, 1.165) is 17.0 Å². The Kier molecular flexibility index (Phi) is 4.00. The maximum absolute atomic E-state index is 13.1. The number of aromatic nitrogens is 1. The zero-order valence-corrected chi connectivity index (χ0v) is 15.1. The molecular weight excluding hydrogens is 361 g/mol. The molecular formula is C21H18FN3O3. The Morgan fingerprint density at radius 3 is 2.54 bits per heavy atom. The van der Waals surface area contributed by atoms with Crippen LogP contribution < -0.4 is 9.64 Å². The van der Waals surface area contributed by atoms with Gasteiger partial charge in [-0.25, -0.2) is 4.39 Å². The molecule has 7 heteroatoms. The van der Waals surface area contributed by atoms with Crippen molar-refractivity contribution in [3.05, 3.63) is 65.6 Å². The van der Waals surface area contributed by atoms with Crippen LogP contribution in [0.15, 0.2) is 53.1 Å². The smallest absolute Gasteiger partial charge is 0.276 e. The number of halogens is 1. The monoisotopic (exact) mass is 379 g/mol. The van der Waals surface area contributed by atoms with E-state index in [2.05, 4.69) is 10.1 Å². The highest BCUT2D eigenvalue weighted by Gasteiger charge is 2.32. The molecule has 1 aromatic heterocycles. The number of amides is 1. The number of ether oxygens (including phenoxy) is 1. The lowest BCUT2D eigenvalue weighted by Crippen LogP contribution is -2.49. The van der Waals surface area contributed by atoms with Crippen LogP contribution >= 0.6 is 0 Å². The molecule has 2 aliphatic rings. The summed E-state index contributed by atoms with van der Waals surface area (Å²) in [6.07, 6.45) is 0. The second-order valence-corrected chi connectivity index (χ2v) is 6.88. The minimum atomic E-state index is -0.253. The van der Waals surface area contributed by atoms with E-state index < -0.39 is 0 Å². The number of carbonyl (C=O) groups is 1. The van der Waals surface area contributed by atoms with Crippen LogP contribution in [0.2, 0.25) is 0 Å². The second kappa shape index (κ2) is 6.67. The van der Waals surface area contributed by atoms with E-state index in [1.807, 2.05) is 24.3 Å². The molecule has 1 amide bonds. The molecule has 0 unspecified atom stereocenters. The summed E-state index contributed by atoms with van der Waals surface area (Å²) in [6, 6.07) is 14.0. The van der Waals surface area contributed by atoms with Crippen molar-refractivity contribution in [3.8, 4) is 17.1 Å². The molecule has 2 aliphatic heterocycles. The molecule has 3 heterocycles. The summed E-state index contributed by atoms with van der Waals surface area (Å²) < 4.78 is 24.4. The van der Waals surface area contributed by atoms with Crippen LogP contribution in [0.4, 0.5) is 10.1 Å². The van der Waals surface area contributed by atoms with Crippen LogP contribution in [0.3, 0.4) is 0 Å². The Balaban J connectivity index is 1.32. The first kappa shape index (κ1) is 16.8. The minimum Gasteiger partial charge on any atom is -0.488 e. The first-order valence-corrected chi connectivity index (χ1v) is 9.21. The molecule has 28 heavy (non-hydrogen) atoms. The van der Waals surface area contributed by atoms with E-state index >= 15 is 0 Å². The topological polar surface area (TPSA) is 58.8 Å². The molecule has 1 saturated heterocycles. The molecule has 6 nitrogen and oxygen atoms in total. The predicted molar refractivity (Wildman–Crippen MR) is 101 cm³/mol. The summed E-state index contributed by atoms with van der Waals surface area (Å²) >= 11 is 0. The molecule has 142 valence electrons. The Labute approximate surface area is 161 Å². The molecule has 3 aromatic rings. The van der Waals surface area contributed by atoms with Crippen molar-refractivity contribution in [2.45, 2.75) is 6.61 Å². The highest BCUT2D eigenvalue weighted by molar-refractivity contribution is 5.95. The van der Waals surface area contributed by atoms with E-state index in [0.29, 0.717) is 43.2 Å². The zero-order chi connectivity index (χ0) is 19.1. The van der Waals surface area contributed by atoms with Gasteiger partial charge in [-0.1, -0.05) is 17.3 Å². The third-order valence-electron chi connectivity index (χ3n) is 5.25. The highest BCUT2D eigenvalue weighted by Crippen LogP contribution is 2.38. The summed E-state index contributed by atoms with van der Waals surface area (Å²) in [4.78, 5) is 16.9. The van der Waals surface area contributed by atoms with Gasteiger partial charge in [-0.2, -0.15) is 0 Å². The standard InChI is InChI=1S/C21H18FN3O3/c22-14-5-7-15(8-6-14)24-9-11-25(12-10-24)21(26)19-17-13-27-18-4-2-1-3-16(18)20(17)28-23-19/h1-8H,9-13H2. The van der Waals surface area contributed by atoms with Gasteiger partial charge in [-0.05, 0) is 36.4 Å². The average molecular weight is 379 g/mol. The van der Waals surface area contributed by atoms with Crippen LogP contribution in [0.1, 0.15) is 16.1 Å². The Morgan fingerprint density at radius 2 is 1.75 bits per heavy atom. The largest absolute Gasteiger partial charge is 0.488 e. The van der Waals surface area contributed by atoms with Gasteiger partial charge in [0.1, 0.15) is 18.2 Å². The van der Waals surface area contributed by atoms with E-state index in [-0.39, 0.29) is 18.3 Å². The molecule has 0 N–H and O–H groups in total. The fraction of sp³-hybridized carbons (Fsp3) is 0.238. The highest BCUT2D eigenvalue weighted by atomic mass is 19.1. The molecule has 0 atom stereocenters. The Bertz CT molecular complexity index is 1020. The fourth-order valence-corrected chi connectivity index (χ4v) is 3.72. The molecule has 0 aliphatic carbocycles. The van der Waals surface area contributed by atoms with E-state index in [9.17, 15) is 9.18 Å². The molecule has 0 saturated carbocycles. The van der Waals surface area contributed by atoms with Crippen LogP contribution in [-0.2, 0) is 6.61 Å². The average Bonchev–Trinajstić information content (AvgIpc) is 3.18. The van der Waals surface area contributed by atoms with Gasteiger partial charge in [0.15, 0.2) is 11.5 Å². The summed E-state index contributed by atoms with van der Waals surface area (Å²) in [5.74, 6) is 0.942. The molecule has 5 rings (SSSR count). The Morgan fingerprint density at radius 1 is 1.00 bits per heavy atom. The number of fused-ring (bicyclic) bond motifs is 3. The van der Waals surface area contributed by atoms with Crippen LogP contribution in [0, 0.1) is 5.82 Å². The summed E-state index contributed by atoms with van der Waals surface area (Å²) in [6.45, 7) is 2.75. The minimum absolute atomic E-state index is 0.147. The van der Waals surface area contributed by atoms with Gasteiger partial charge < -0.3 is 19.1 Å². The summed E-state index contributed by atoms with van der Waals surface area (Å²) in [7, 11) is 0. The van der Waals surface area contributed by atoms with Crippen LogP contribution in [0.25, 0.3) is 11.3 Å². The maximum Gasteiger partial charge on any atom is 0.276 e. The maximum atomic E-state index is 13.1. The lowest BCUT2D eigenvalue weighted by Gasteiger charge is -2.35. The lowest BCUT2D eigenvalue weighted by atomic mass is 10.0. The number of nitrogens with zero attached hydrogens (tertiary/aromatic N) is 3. The number of para-hydroxylation sites is 1. The van der Waals surface area contributed by atoms with E-state index in [1.54, 1.807) is 17.0 Å². The SMILES string of the molecule is O=C(c1noc2c1COc1ccccc1-2)N1CCN(c2ccc(F)cc2)CC1. The van der Waals surface area contributed by atoms with E-state index in [1.165, 1.54) is 12.1 Å². The van der Waals surface area contributed by atoms with Crippen molar-refractivity contribution in [2.75, 3.05) is 31.1 Å². The lowest BCUT2D eigenvalue weighted by molar-refractivity contribution is 0.0734. The number of benzene rings is 2. The van der Waals surface area contributed by atoms with Gasteiger partial charge in [0, 0.05) is 31.9 Å². The Hall–Kier alpha value is -3.35. The van der Waals surface area contributed by atoms with Gasteiger partial charge in [0.05, 0.1) is 11.1 Å². The normalized spacial score (nSPS) is 15.6. The number of piperazine rings is 1. The molecule has 0 bridgehead atoms. The third-order valence-corrected chi connectivity index (χ3v) is 5.25. The fourth-order valence-electron chi connectivity index (χ4n) is 3.72. The number of carbonyl (C=O) groups excluding carboxylic acids is 1. The molecule has 1 fully saturated rings. The van der Waals surface area contributed by atoms with Gasteiger partial charge in [-0.15, -0.1) is 0 Å². The summed E-state index contributed by atoms with van der Waals surface area (Å²) in [5.41, 5.74) is 2.79. The third kappa shape index (κ3) is 2.79. The van der Waals surface area contributed by atoms with Crippen LogP contribution in [-0.4, -0.2) is 42.1 Å².